The Morgan fingerprint density at radius 3 is 2.16 bits per heavy atom. The molecule has 25 heavy (non-hydrogen) atoms. The highest BCUT2D eigenvalue weighted by molar-refractivity contribution is 6.30. The fourth-order valence-electron chi connectivity index (χ4n) is 3.27. The third-order valence-electron chi connectivity index (χ3n) is 4.79. The maximum Gasteiger partial charge on any atom is 0.335 e. The molecule has 0 spiro atoms. The molecule has 1 fully saturated rings. The van der Waals surface area contributed by atoms with Crippen LogP contribution in [0.5, 0.6) is 0 Å². The molecule has 1 aliphatic heterocycles. The molecule has 0 saturated carbocycles. The first-order valence-electron chi connectivity index (χ1n) is 8.41. The lowest BCUT2D eigenvalue weighted by Gasteiger charge is -2.36. The van der Waals surface area contributed by atoms with Gasteiger partial charge in [0.25, 0.3) is 0 Å². The van der Waals surface area contributed by atoms with Gasteiger partial charge in [0.15, 0.2) is 0 Å². The number of piperidine rings is 1. The van der Waals surface area contributed by atoms with Crippen molar-refractivity contribution in [2.75, 3.05) is 13.1 Å². The fourth-order valence-corrected chi connectivity index (χ4v) is 3.39. The van der Waals surface area contributed by atoms with Gasteiger partial charge in [-0.1, -0.05) is 35.9 Å². The number of hydrogen-bond acceptors (Lipinski definition) is 2. The highest BCUT2D eigenvalue weighted by Crippen LogP contribution is 2.31. The highest BCUT2D eigenvalue weighted by Gasteiger charge is 2.34. The first-order chi connectivity index (χ1) is 11.9. The zero-order valence-corrected chi connectivity index (χ0v) is 14.7. The van der Waals surface area contributed by atoms with Crippen LogP contribution in [0.3, 0.4) is 0 Å². The maximum atomic E-state index is 15.1. The first kappa shape index (κ1) is 17.9. The van der Waals surface area contributed by atoms with E-state index in [1.165, 1.54) is 0 Å². The molecule has 132 valence electrons. The van der Waals surface area contributed by atoms with Gasteiger partial charge < -0.3 is 5.11 Å². The van der Waals surface area contributed by atoms with Gasteiger partial charge in [-0.2, -0.15) is 0 Å². The minimum absolute atomic E-state index is 0.285. The van der Waals surface area contributed by atoms with Crippen LogP contribution in [0.1, 0.15) is 34.3 Å². The summed E-state index contributed by atoms with van der Waals surface area (Å²) < 4.78 is 15.1. The van der Waals surface area contributed by atoms with E-state index < -0.39 is 11.6 Å². The number of benzene rings is 2. The number of likely N-dealkylation sites (tertiary alicyclic amines) is 1. The van der Waals surface area contributed by atoms with Gasteiger partial charge in [0.1, 0.15) is 5.67 Å². The van der Waals surface area contributed by atoms with Crippen LogP contribution in [-0.2, 0) is 13.0 Å². The van der Waals surface area contributed by atoms with Gasteiger partial charge in [-0.05, 0) is 48.2 Å². The summed E-state index contributed by atoms with van der Waals surface area (Å²) in [6.45, 7) is 2.12. The Bertz CT molecular complexity index is 722. The van der Waals surface area contributed by atoms with Gasteiger partial charge in [0, 0.05) is 31.1 Å². The smallest absolute Gasteiger partial charge is 0.335 e. The second kappa shape index (κ2) is 7.54. The molecule has 5 heteroatoms. The Balaban J connectivity index is 1.54. The molecule has 1 N–H and O–H groups in total. The molecule has 1 heterocycles. The molecular formula is C20H21ClFNO2. The van der Waals surface area contributed by atoms with Crippen molar-refractivity contribution >= 4 is 17.6 Å². The zero-order chi connectivity index (χ0) is 17.9. The van der Waals surface area contributed by atoms with Crippen LogP contribution in [0.2, 0.25) is 5.02 Å². The summed E-state index contributed by atoms with van der Waals surface area (Å²) in [5.74, 6) is -0.922. The van der Waals surface area contributed by atoms with Gasteiger partial charge in [0.05, 0.1) is 5.56 Å². The molecule has 1 aliphatic rings. The molecule has 0 unspecified atom stereocenters. The van der Waals surface area contributed by atoms with E-state index in [0.717, 1.165) is 17.7 Å². The molecule has 3 nitrogen and oxygen atoms in total. The Morgan fingerprint density at radius 1 is 1.04 bits per heavy atom. The van der Waals surface area contributed by atoms with Crippen LogP contribution in [0.25, 0.3) is 0 Å². The van der Waals surface area contributed by atoms with Crippen molar-refractivity contribution in [2.24, 2.45) is 0 Å². The predicted octanol–water partition coefficient (Wildman–Crippen LogP) is 4.59. The van der Waals surface area contributed by atoms with Crippen LogP contribution >= 0.6 is 11.6 Å². The lowest BCUT2D eigenvalue weighted by molar-refractivity contribution is 0.0551. The molecular weight excluding hydrogens is 341 g/mol. The molecule has 0 amide bonds. The summed E-state index contributed by atoms with van der Waals surface area (Å²) >= 11 is 5.88. The molecule has 0 aliphatic carbocycles. The van der Waals surface area contributed by atoms with Crippen LogP contribution in [0, 0.1) is 0 Å². The summed E-state index contributed by atoms with van der Waals surface area (Å²) in [6.07, 6.45) is 1.43. The van der Waals surface area contributed by atoms with E-state index >= 15 is 4.39 Å². The van der Waals surface area contributed by atoms with E-state index in [1.54, 1.807) is 24.3 Å². The van der Waals surface area contributed by atoms with Crippen LogP contribution in [-0.4, -0.2) is 34.7 Å². The Morgan fingerprint density at radius 2 is 1.60 bits per heavy atom. The van der Waals surface area contributed by atoms with Gasteiger partial charge in [0.2, 0.25) is 0 Å². The second-order valence-electron chi connectivity index (χ2n) is 6.73. The van der Waals surface area contributed by atoms with Crippen molar-refractivity contribution < 1.29 is 14.3 Å². The van der Waals surface area contributed by atoms with Gasteiger partial charge in [-0.25, -0.2) is 9.18 Å². The molecule has 2 aromatic rings. The van der Waals surface area contributed by atoms with Gasteiger partial charge >= 0.3 is 5.97 Å². The molecule has 2 aromatic carbocycles. The monoisotopic (exact) mass is 361 g/mol. The van der Waals surface area contributed by atoms with Crippen LogP contribution in [0.15, 0.2) is 48.5 Å². The maximum absolute atomic E-state index is 15.1. The average molecular weight is 362 g/mol. The van der Waals surface area contributed by atoms with E-state index in [2.05, 4.69) is 4.90 Å². The predicted molar refractivity (Wildman–Crippen MR) is 96.9 cm³/mol. The number of halogens is 2. The summed E-state index contributed by atoms with van der Waals surface area (Å²) in [5, 5.41) is 9.60. The normalized spacial score (nSPS) is 17.4. The zero-order valence-electron chi connectivity index (χ0n) is 13.9. The molecule has 0 aromatic heterocycles. The van der Waals surface area contributed by atoms with Crippen molar-refractivity contribution in [1.29, 1.82) is 0 Å². The van der Waals surface area contributed by atoms with Crippen molar-refractivity contribution in [1.82, 2.24) is 4.90 Å². The van der Waals surface area contributed by atoms with E-state index in [1.807, 2.05) is 24.3 Å². The SMILES string of the molecule is O=C(O)c1ccc(CN2CCC(F)(Cc3ccc(Cl)cc3)CC2)cc1. The average Bonchev–Trinajstić information content (AvgIpc) is 2.60. The Labute approximate surface area is 152 Å². The van der Waals surface area contributed by atoms with E-state index in [-0.39, 0.29) is 5.56 Å². The number of carboxylic acid groups (broad SMARTS) is 1. The number of carbonyl (C=O) groups is 1. The van der Waals surface area contributed by atoms with Crippen molar-refractivity contribution in [3.05, 3.63) is 70.2 Å². The molecule has 0 radical (unpaired) electrons. The summed E-state index contributed by atoms with van der Waals surface area (Å²) in [6, 6.07) is 14.3. The fraction of sp³-hybridized carbons (Fsp3) is 0.350. The molecule has 0 atom stereocenters. The minimum atomic E-state index is -1.17. The van der Waals surface area contributed by atoms with Crippen molar-refractivity contribution in [3.63, 3.8) is 0 Å². The summed E-state index contributed by atoms with van der Waals surface area (Å²) in [4.78, 5) is 13.1. The third kappa shape index (κ3) is 4.80. The number of nitrogens with zero attached hydrogens (tertiary/aromatic N) is 1. The topological polar surface area (TPSA) is 40.5 Å². The largest absolute Gasteiger partial charge is 0.478 e. The highest BCUT2D eigenvalue weighted by atomic mass is 35.5. The van der Waals surface area contributed by atoms with Crippen molar-refractivity contribution in [3.8, 4) is 0 Å². The number of aromatic carboxylic acids is 1. The second-order valence-corrected chi connectivity index (χ2v) is 7.17. The lowest BCUT2D eigenvalue weighted by atomic mass is 9.87. The Hall–Kier alpha value is -1.91. The van der Waals surface area contributed by atoms with Crippen molar-refractivity contribution in [2.45, 2.75) is 31.5 Å². The van der Waals surface area contributed by atoms with Crippen LogP contribution < -0.4 is 0 Å². The summed E-state index contributed by atoms with van der Waals surface area (Å²) in [7, 11) is 0. The lowest BCUT2D eigenvalue weighted by Crippen LogP contribution is -2.42. The molecule has 3 rings (SSSR count). The quantitative estimate of drug-likeness (QED) is 0.847. The molecule has 0 bridgehead atoms. The first-order valence-corrected chi connectivity index (χ1v) is 8.79. The third-order valence-corrected chi connectivity index (χ3v) is 5.05. The Kier molecular flexibility index (Phi) is 5.40. The van der Waals surface area contributed by atoms with Gasteiger partial charge in [-0.3, -0.25) is 4.90 Å². The number of rotatable bonds is 5. The van der Waals surface area contributed by atoms with Crippen LogP contribution in [0.4, 0.5) is 4.39 Å². The standard InChI is InChI=1S/C20H21ClFNO2/c21-18-7-3-15(4-8-18)13-20(22)9-11-23(12-10-20)14-16-1-5-17(6-2-16)19(24)25/h1-8H,9-14H2,(H,24,25). The minimum Gasteiger partial charge on any atom is -0.478 e. The van der Waals surface area contributed by atoms with E-state index in [0.29, 0.717) is 37.4 Å². The summed E-state index contributed by atoms with van der Waals surface area (Å²) in [5.41, 5.74) is 1.14. The van der Waals surface area contributed by atoms with Gasteiger partial charge in [-0.15, -0.1) is 0 Å². The van der Waals surface area contributed by atoms with E-state index in [4.69, 9.17) is 16.7 Å². The molecule has 1 saturated heterocycles. The number of carboxylic acids is 1. The number of alkyl halides is 1. The van der Waals surface area contributed by atoms with E-state index in [9.17, 15) is 4.79 Å². The number of hydrogen-bond donors (Lipinski definition) is 1.